The van der Waals surface area contributed by atoms with Crippen LogP contribution in [0.3, 0.4) is 0 Å². The molecule has 0 saturated carbocycles. The number of nitrogens with two attached hydrogens (primary N) is 1. The van der Waals surface area contributed by atoms with E-state index in [4.69, 9.17) is 5.73 Å². The molecule has 0 aliphatic rings. The predicted molar refractivity (Wildman–Crippen MR) is 128 cm³/mol. The first-order chi connectivity index (χ1) is 16.3. The van der Waals surface area contributed by atoms with Crippen molar-refractivity contribution in [3.63, 3.8) is 0 Å². The first-order valence-electron chi connectivity index (χ1n) is 10.4. The SMILES string of the molecule is Nc1ncc(-c2ccc(-c3cccc(F)c3S(=O)(=O)CCNC(=O)c3ccccc3)cc2)cn1. The number of anilines is 1. The molecule has 0 radical (unpaired) electrons. The maximum absolute atomic E-state index is 14.8. The largest absolute Gasteiger partial charge is 0.368 e. The van der Waals surface area contributed by atoms with E-state index in [0.29, 0.717) is 11.1 Å². The highest BCUT2D eigenvalue weighted by Gasteiger charge is 2.24. The average Bonchev–Trinajstić information content (AvgIpc) is 2.85. The molecule has 0 bridgehead atoms. The van der Waals surface area contributed by atoms with Crippen LogP contribution in [0.5, 0.6) is 0 Å². The quantitative estimate of drug-likeness (QED) is 0.420. The summed E-state index contributed by atoms with van der Waals surface area (Å²) in [5.41, 5.74) is 8.25. The number of aromatic nitrogens is 2. The van der Waals surface area contributed by atoms with E-state index in [-0.39, 0.29) is 18.1 Å². The van der Waals surface area contributed by atoms with Crippen molar-refractivity contribution in [2.75, 3.05) is 18.0 Å². The molecule has 0 aliphatic heterocycles. The Morgan fingerprint density at radius 2 is 1.50 bits per heavy atom. The third-order valence-corrected chi connectivity index (χ3v) is 6.95. The van der Waals surface area contributed by atoms with Crippen molar-refractivity contribution < 1.29 is 17.6 Å². The zero-order valence-electron chi connectivity index (χ0n) is 18.0. The van der Waals surface area contributed by atoms with Gasteiger partial charge in [0.2, 0.25) is 5.95 Å². The van der Waals surface area contributed by atoms with Gasteiger partial charge in [-0.25, -0.2) is 22.8 Å². The monoisotopic (exact) mass is 476 g/mol. The molecule has 4 aromatic rings. The maximum Gasteiger partial charge on any atom is 0.251 e. The van der Waals surface area contributed by atoms with Gasteiger partial charge in [0.1, 0.15) is 10.7 Å². The molecule has 1 aromatic heterocycles. The summed E-state index contributed by atoms with van der Waals surface area (Å²) in [6.45, 7) is -0.153. The molecule has 3 aromatic carbocycles. The molecule has 0 spiro atoms. The summed E-state index contributed by atoms with van der Waals surface area (Å²) < 4.78 is 40.9. The molecule has 0 atom stereocenters. The van der Waals surface area contributed by atoms with Crippen molar-refractivity contribution in [2.24, 2.45) is 0 Å². The minimum atomic E-state index is -4.04. The maximum atomic E-state index is 14.8. The Hall–Kier alpha value is -4.11. The first kappa shape index (κ1) is 23.1. The van der Waals surface area contributed by atoms with Gasteiger partial charge in [0.25, 0.3) is 5.91 Å². The van der Waals surface area contributed by atoms with Crippen molar-refractivity contribution in [3.05, 3.63) is 96.6 Å². The molecule has 0 fully saturated rings. The Morgan fingerprint density at radius 1 is 0.853 bits per heavy atom. The topological polar surface area (TPSA) is 115 Å². The summed E-state index contributed by atoms with van der Waals surface area (Å²) >= 11 is 0. The van der Waals surface area contributed by atoms with Crippen LogP contribution in [0.4, 0.5) is 10.3 Å². The smallest absolute Gasteiger partial charge is 0.251 e. The van der Waals surface area contributed by atoms with Gasteiger partial charge >= 0.3 is 0 Å². The van der Waals surface area contributed by atoms with Gasteiger partial charge in [-0.2, -0.15) is 0 Å². The predicted octanol–water partition coefficient (Wildman–Crippen LogP) is 3.74. The molecule has 0 saturated heterocycles. The zero-order valence-corrected chi connectivity index (χ0v) is 18.8. The van der Waals surface area contributed by atoms with Crippen LogP contribution in [-0.4, -0.2) is 36.6 Å². The number of sulfone groups is 1. The van der Waals surface area contributed by atoms with Crippen LogP contribution < -0.4 is 11.1 Å². The number of carbonyl (C=O) groups excluding carboxylic acids is 1. The lowest BCUT2D eigenvalue weighted by Gasteiger charge is -2.13. The highest BCUT2D eigenvalue weighted by molar-refractivity contribution is 7.91. The van der Waals surface area contributed by atoms with Crippen LogP contribution in [0, 0.1) is 5.82 Å². The zero-order chi connectivity index (χ0) is 24.1. The fourth-order valence-electron chi connectivity index (χ4n) is 3.47. The highest BCUT2D eigenvalue weighted by atomic mass is 32.2. The first-order valence-corrected chi connectivity index (χ1v) is 12.0. The molecule has 1 heterocycles. The van der Waals surface area contributed by atoms with Gasteiger partial charge in [-0.15, -0.1) is 0 Å². The Bertz CT molecular complexity index is 1410. The molecule has 1 amide bonds. The van der Waals surface area contributed by atoms with Crippen LogP contribution >= 0.6 is 0 Å². The van der Waals surface area contributed by atoms with Gasteiger partial charge in [-0.05, 0) is 29.3 Å². The number of amides is 1. The molecule has 172 valence electrons. The fraction of sp³-hybridized carbons (Fsp3) is 0.0800. The molecular formula is C25H21FN4O3S. The Morgan fingerprint density at radius 3 is 2.18 bits per heavy atom. The standard InChI is InChI=1S/C25H21FN4O3S/c26-22-8-4-7-21(18-11-9-17(10-12-18)20-15-29-25(27)30-16-20)23(22)34(32,33)14-13-28-24(31)19-5-2-1-3-6-19/h1-12,15-16H,13-14H2,(H,28,31)(H2,27,29,30). The number of rotatable bonds is 7. The van der Waals surface area contributed by atoms with E-state index in [2.05, 4.69) is 15.3 Å². The minimum absolute atomic E-state index is 0.153. The number of nitrogens with zero attached hydrogens (tertiary/aromatic N) is 2. The molecule has 34 heavy (non-hydrogen) atoms. The van der Waals surface area contributed by atoms with Gasteiger partial charge < -0.3 is 11.1 Å². The van der Waals surface area contributed by atoms with E-state index in [1.807, 2.05) is 0 Å². The van der Waals surface area contributed by atoms with Crippen LogP contribution in [0.15, 0.2) is 90.1 Å². The van der Waals surface area contributed by atoms with E-state index in [1.54, 1.807) is 73.1 Å². The van der Waals surface area contributed by atoms with Crippen LogP contribution in [0.25, 0.3) is 22.3 Å². The third kappa shape index (κ3) is 5.10. The van der Waals surface area contributed by atoms with Crippen LogP contribution in [0.2, 0.25) is 0 Å². The second-order valence-electron chi connectivity index (χ2n) is 7.46. The summed E-state index contributed by atoms with van der Waals surface area (Å²) in [5.74, 6) is -1.52. The summed E-state index contributed by atoms with van der Waals surface area (Å²) in [7, 11) is -4.04. The fourth-order valence-corrected chi connectivity index (χ4v) is 4.94. The normalized spacial score (nSPS) is 11.2. The number of hydrogen-bond donors (Lipinski definition) is 2. The lowest BCUT2D eigenvalue weighted by molar-refractivity contribution is 0.0956. The Kier molecular flexibility index (Phi) is 6.65. The molecule has 4 rings (SSSR count). The van der Waals surface area contributed by atoms with Crippen LogP contribution in [0.1, 0.15) is 10.4 Å². The van der Waals surface area contributed by atoms with Crippen molar-refractivity contribution in [3.8, 4) is 22.3 Å². The van der Waals surface area contributed by atoms with Crippen molar-refractivity contribution in [2.45, 2.75) is 4.90 Å². The van der Waals surface area contributed by atoms with Crippen LogP contribution in [-0.2, 0) is 9.84 Å². The summed E-state index contributed by atoms with van der Waals surface area (Å²) in [6.07, 6.45) is 3.16. The summed E-state index contributed by atoms with van der Waals surface area (Å²) in [6, 6.07) is 19.5. The molecule has 7 nitrogen and oxygen atoms in total. The molecule has 3 N–H and O–H groups in total. The number of hydrogen-bond acceptors (Lipinski definition) is 6. The van der Waals surface area contributed by atoms with E-state index >= 15 is 0 Å². The van der Waals surface area contributed by atoms with E-state index in [1.165, 1.54) is 6.07 Å². The van der Waals surface area contributed by atoms with Gasteiger partial charge in [-0.3, -0.25) is 4.79 Å². The van der Waals surface area contributed by atoms with E-state index in [0.717, 1.165) is 17.2 Å². The summed E-state index contributed by atoms with van der Waals surface area (Å²) in [4.78, 5) is 19.7. The molecule has 9 heteroatoms. The van der Waals surface area contributed by atoms with Crippen molar-refractivity contribution in [1.29, 1.82) is 0 Å². The lowest BCUT2D eigenvalue weighted by Crippen LogP contribution is -2.29. The van der Waals surface area contributed by atoms with Gasteiger partial charge in [0.15, 0.2) is 9.84 Å². The Balaban J connectivity index is 1.56. The van der Waals surface area contributed by atoms with E-state index in [9.17, 15) is 17.6 Å². The van der Waals surface area contributed by atoms with E-state index < -0.39 is 32.2 Å². The van der Waals surface area contributed by atoms with Crippen molar-refractivity contribution >= 4 is 21.7 Å². The average molecular weight is 477 g/mol. The molecule has 0 unspecified atom stereocenters. The van der Waals surface area contributed by atoms with Crippen molar-refractivity contribution in [1.82, 2.24) is 15.3 Å². The Labute approximate surface area is 196 Å². The number of nitrogen functional groups attached to an aromatic ring is 1. The van der Waals surface area contributed by atoms with Gasteiger partial charge in [-0.1, -0.05) is 54.6 Å². The molecular weight excluding hydrogens is 455 g/mol. The lowest BCUT2D eigenvalue weighted by atomic mass is 10.0. The minimum Gasteiger partial charge on any atom is -0.368 e. The van der Waals surface area contributed by atoms with Gasteiger partial charge in [0.05, 0.1) is 5.75 Å². The summed E-state index contributed by atoms with van der Waals surface area (Å²) in [5, 5.41) is 2.57. The highest BCUT2D eigenvalue weighted by Crippen LogP contribution is 2.31. The van der Waals surface area contributed by atoms with Gasteiger partial charge in [0, 0.05) is 35.6 Å². The molecule has 0 aliphatic carbocycles. The third-order valence-electron chi connectivity index (χ3n) is 5.17. The number of benzene rings is 3. The number of nitrogens with one attached hydrogen (secondary N) is 1. The number of carbonyl (C=O) groups is 1. The second-order valence-corrected chi connectivity index (χ2v) is 9.51. The number of halogens is 1. The second kappa shape index (κ2) is 9.80.